The number of nitrogens with zero attached hydrogens (tertiary/aromatic N) is 2. The summed E-state index contributed by atoms with van der Waals surface area (Å²) < 4.78 is 0. The van der Waals surface area contributed by atoms with E-state index in [-0.39, 0.29) is 0 Å². The quantitative estimate of drug-likeness (QED) is 0.152. The summed E-state index contributed by atoms with van der Waals surface area (Å²) in [4.78, 5) is 10.5. The van der Waals surface area contributed by atoms with Crippen molar-refractivity contribution in [3.05, 3.63) is 170 Å². The lowest BCUT2D eigenvalue weighted by Gasteiger charge is -2.16. The first-order valence-corrected chi connectivity index (χ1v) is 15.7. The van der Waals surface area contributed by atoms with Crippen molar-refractivity contribution in [2.45, 2.75) is 0 Å². The second-order valence-electron chi connectivity index (χ2n) is 11.8. The van der Waals surface area contributed by atoms with Crippen molar-refractivity contribution in [1.82, 2.24) is 9.97 Å². The van der Waals surface area contributed by atoms with Crippen LogP contribution in [0, 0.1) is 0 Å². The molecule has 46 heavy (non-hydrogen) atoms. The molecular formula is C44H28N2. The molecule has 0 saturated heterocycles. The molecule has 0 aliphatic heterocycles. The molecule has 2 aromatic heterocycles. The third kappa shape index (κ3) is 4.43. The van der Waals surface area contributed by atoms with Crippen LogP contribution in [0.25, 0.3) is 88.1 Å². The zero-order valence-electron chi connectivity index (χ0n) is 25.1. The van der Waals surface area contributed by atoms with Crippen molar-refractivity contribution in [2.75, 3.05) is 0 Å². The van der Waals surface area contributed by atoms with Crippen LogP contribution in [0.1, 0.15) is 0 Å². The van der Waals surface area contributed by atoms with Gasteiger partial charge >= 0.3 is 0 Å². The molecule has 0 radical (unpaired) electrons. The lowest BCUT2D eigenvalue weighted by atomic mass is 9.91. The Labute approximate surface area is 267 Å². The number of hydrogen-bond donors (Lipinski definition) is 0. The summed E-state index contributed by atoms with van der Waals surface area (Å²) in [5.74, 6) is 0. The van der Waals surface area contributed by atoms with E-state index in [1.165, 1.54) is 32.7 Å². The molecule has 2 heteroatoms. The van der Waals surface area contributed by atoms with Gasteiger partial charge in [0.1, 0.15) is 0 Å². The Morgan fingerprint density at radius 2 is 0.761 bits per heavy atom. The monoisotopic (exact) mass is 584 g/mol. The number of rotatable bonds is 4. The average molecular weight is 585 g/mol. The van der Waals surface area contributed by atoms with Crippen LogP contribution in [0.2, 0.25) is 0 Å². The molecule has 0 amide bonds. The van der Waals surface area contributed by atoms with Gasteiger partial charge in [-0.25, -0.2) is 9.97 Å². The lowest BCUT2D eigenvalue weighted by molar-refractivity contribution is 1.32. The van der Waals surface area contributed by atoms with Crippen LogP contribution in [0.4, 0.5) is 0 Å². The molecule has 0 aliphatic carbocycles. The Morgan fingerprint density at radius 1 is 0.283 bits per heavy atom. The summed E-state index contributed by atoms with van der Waals surface area (Å²) in [6.45, 7) is 0. The molecule has 0 saturated carbocycles. The third-order valence-corrected chi connectivity index (χ3v) is 9.01. The van der Waals surface area contributed by atoms with Gasteiger partial charge in [-0.1, -0.05) is 152 Å². The minimum atomic E-state index is 0.958. The fourth-order valence-corrected chi connectivity index (χ4v) is 6.79. The van der Waals surface area contributed by atoms with Crippen molar-refractivity contribution in [3.63, 3.8) is 0 Å². The number of hydrogen-bond acceptors (Lipinski definition) is 2. The van der Waals surface area contributed by atoms with E-state index in [9.17, 15) is 0 Å². The van der Waals surface area contributed by atoms with E-state index < -0.39 is 0 Å². The molecule has 0 spiro atoms. The first kappa shape index (κ1) is 26.3. The summed E-state index contributed by atoms with van der Waals surface area (Å²) in [5.41, 5.74) is 10.8. The highest BCUT2D eigenvalue weighted by molar-refractivity contribution is 6.21. The van der Waals surface area contributed by atoms with Gasteiger partial charge < -0.3 is 0 Å². The van der Waals surface area contributed by atoms with E-state index in [0.717, 1.165) is 55.4 Å². The van der Waals surface area contributed by atoms with Gasteiger partial charge in [-0.05, 0) is 45.7 Å². The van der Waals surface area contributed by atoms with Crippen molar-refractivity contribution < 1.29 is 0 Å². The van der Waals surface area contributed by atoms with E-state index in [4.69, 9.17) is 9.97 Å². The Balaban J connectivity index is 1.32. The van der Waals surface area contributed by atoms with Crippen LogP contribution in [-0.2, 0) is 0 Å². The first-order valence-electron chi connectivity index (χ1n) is 15.7. The molecule has 2 nitrogen and oxygen atoms in total. The fraction of sp³-hybridized carbons (Fsp3) is 0. The Bertz CT molecular complexity index is 2420. The van der Waals surface area contributed by atoms with Gasteiger partial charge in [0.25, 0.3) is 0 Å². The maximum absolute atomic E-state index is 5.38. The van der Waals surface area contributed by atoms with Gasteiger partial charge in [0.2, 0.25) is 0 Å². The molecule has 214 valence electrons. The number of fused-ring (bicyclic) bond motifs is 6. The molecule has 7 aromatic carbocycles. The SMILES string of the molecule is c1ccc(-c2cc(-c3cccc(-c4c5ccc6ccccc6c5nc5c4ccc4ccccc45)c3)cc(-c3ccccc3)n2)cc1. The number of pyridine rings is 2. The summed E-state index contributed by atoms with van der Waals surface area (Å²) in [7, 11) is 0. The predicted octanol–water partition coefficient (Wildman–Crippen LogP) is 11.8. The molecule has 9 aromatic rings. The molecule has 0 aliphatic rings. The van der Waals surface area contributed by atoms with Gasteiger partial charge in [-0.2, -0.15) is 0 Å². The van der Waals surface area contributed by atoms with Crippen molar-refractivity contribution >= 4 is 43.4 Å². The van der Waals surface area contributed by atoms with Gasteiger partial charge in [0.15, 0.2) is 0 Å². The largest absolute Gasteiger partial charge is 0.248 e. The molecule has 0 bridgehead atoms. The van der Waals surface area contributed by atoms with E-state index >= 15 is 0 Å². The minimum absolute atomic E-state index is 0.958. The molecule has 0 atom stereocenters. The summed E-state index contributed by atoms with van der Waals surface area (Å²) >= 11 is 0. The van der Waals surface area contributed by atoms with Crippen LogP contribution in [0.3, 0.4) is 0 Å². The lowest BCUT2D eigenvalue weighted by Crippen LogP contribution is -1.93. The van der Waals surface area contributed by atoms with Gasteiger partial charge in [-0.3, -0.25) is 0 Å². The molecule has 2 heterocycles. The molecule has 9 rings (SSSR count). The highest BCUT2D eigenvalue weighted by Gasteiger charge is 2.16. The normalized spacial score (nSPS) is 11.5. The molecular weight excluding hydrogens is 556 g/mol. The van der Waals surface area contributed by atoms with E-state index in [2.05, 4.69) is 158 Å². The summed E-state index contributed by atoms with van der Waals surface area (Å²) in [5, 5.41) is 7.04. The van der Waals surface area contributed by atoms with E-state index in [1.807, 2.05) is 12.1 Å². The number of aromatic nitrogens is 2. The van der Waals surface area contributed by atoms with Crippen LogP contribution >= 0.6 is 0 Å². The second-order valence-corrected chi connectivity index (χ2v) is 11.8. The van der Waals surface area contributed by atoms with Crippen molar-refractivity contribution in [2.24, 2.45) is 0 Å². The highest BCUT2D eigenvalue weighted by Crippen LogP contribution is 2.41. The van der Waals surface area contributed by atoms with Gasteiger partial charge in [-0.15, -0.1) is 0 Å². The van der Waals surface area contributed by atoms with Crippen molar-refractivity contribution in [1.29, 1.82) is 0 Å². The van der Waals surface area contributed by atoms with Crippen molar-refractivity contribution in [3.8, 4) is 44.8 Å². The maximum atomic E-state index is 5.38. The third-order valence-electron chi connectivity index (χ3n) is 9.01. The zero-order valence-corrected chi connectivity index (χ0v) is 25.1. The van der Waals surface area contributed by atoms with Gasteiger partial charge in [0, 0.05) is 38.2 Å². The minimum Gasteiger partial charge on any atom is -0.248 e. The second kappa shape index (κ2) is 10.8. The fourth-order valence-electron chi connectivity index (χ4n) is 6.79. The number of benzene rings is 7. The topological polar surface area (TPSA) is 25.8 Å². The maximum Gasteiger partial charge on any atom is 0.0794 e. The summed E-state index contributed by atoms with van der Waals surface area (Å²) in [6.07, 6.45) is 0. The Kier molecular flexibility index (Phi) is 6.17. The zero-order chi connectivity index (χ0) is 30.5. The average Bonchev–Trinajstić information content (AvgIpc) is 3.14. The summed E-state index contributed by atoms with van der Waals surface area (Å²) in [6, 6.07) is 60.3. The molecule has 0 fully saturated rings. The molecule has 0 unspecified atom stereocenters. The predicted molar refractivity (Wildman–Crippen MR) is 194 cm³/mol. The molecule has 0 N–H and O–H groups in total. The first-order chi connectivity index (χ1) is 22.8. The Hall–Kier alpha value is -6.12. The van der Waals surface area contributed by atoms with Crippen LogP contribution in [-0.4, -0.2) is 9.97 Å². The highest BCUT2D eigenvalue weighted by atomic mass is 14.7. The van der Waals surface area contributed by atoms with E-state index in [1.54, 1.807) is 0 Å². The van der Waals surface area contributed by atoms with Crippen LogP contribution in [0.5, 0.6) is 0 Å². The smallest absolute Gasteiger partial charge is 0.0794 e. The Morgan fingerprint density at radius 3 is 1.33 bits per heavy atom. The van der Waals surface area contributed by atoms with E-state index in [0.29, 0.717) is 0 Å². The standard InChI is InChI=1S/C44H28N2/c1-3-14-31(15-4-1)40-27-35(28-41(45-40)32-16-5-2-6-17-32)33-18-11-19-34(26-33)42-38-24-22-29-12-7-9-20-36(29)43(38)46-44-37-21-10-8-13-30(37)23-25-39(42)44/h1-28H. The van der Waals surface area contributed by atoms with Gasteiger partial charge in [0.05, 0.1) is 22.4 Å². The van der Waals surface area contributed by atoms with Crippen LogP contribution < -0.4 is 0 Å². The van der Waals surface area contributed by atoms with Crippen LogP contribution in [0.15, 0.2) is 170 Å².